The molecule has 0 heterocycles. The Morgan fingerprint density at radius 1 is 1.40 bits per heavy atom. The van der Waals surface area contributed by atoms with Crippen molar-refractivity contribution >= 4 is 34.3 Å². The van der Waals surface area contributed by atoms with E-state index < -0.39 is 17.4 Å². The van der Waals surface area contributed by atoms with E-state index in [0.29, 0.717) is 15.8 Å². The van der Waals surface area contributed by atoms with Crippen LogP contribution >= 0.6 is 28.3 Å². The zero-order chi connectivity index (χ0) is 14.8. The molecule has 1 rings (SSSR count). The highest BCUT2D eigenvalue weighted by molar-refractivity contribution is 9.10. The molecule has 0 aliphatic heterocycles. The van der Waals surface area contributed by atoms with Gasteiger partial charge in [0.15, 0.2) is 11.5 Å². The molecule has 1 aromatic carbocycles. The highest BCUT2D eigenvalue weighted by Gasteiger charge is 2.38. The molecule has 0 amide bonds. The maximum Gasteiger partial charge on any atom is 0.313 e. The summed E-state index contributed by atoms with van der Waals surface area (Å²) in [7, 11) is 2.75. The SMILES string of the molecule is COC(=O)C(C)(C)[C@H](N)c1cc(Br)cc(OC)c1O.Cl. The molecular formula is C13H19BrClNO4. The maximum absolute atomic E-state index is 11.8. The smallest absolute Gasteiger partial charge is 0.313 e. The zero-order valence-corrected chi connectivity index (χ0v) is 14.2. The van der Waals surface area contributed by atoms with Gasteiger partial charge in [-0.2, -0.15) is 0 Å². The molecule has 0 aromatic heterocycles. The summed E-state index contributed by atoms with van der Waals surface area (Å²) in [5.74, 6) is -0.228. The number of rotatable bonds is 4. The number of phenolic OH excluding ortho intramolecular Hbond substituents is 1. The summed E-state index contributed by atoms with van der Waals surface area (Å²) in [6, 6.07) is 2.55. The minimum Gasteiger partial charge on any atom is -0.504 e. The Labute approximate surface area is 133 Å². The van der Waals surface area contributed by atoms with Crippen LogP contribution in [0.4, 0.5) is 0 Å². The predicted molar refractivity (Wildman–Crippen MR) is 82.3 cm³/mol. The van der Waals surface area contributed by atoms with Crippen molar-refractivity contribution < 1.29 is 19.4 Å². The Morgan fingerprint density at radius 2 is 1.95 bits per heavy atom. The Balaban J connectivity index is 0.00000361. The number of hydrogen-bond donors (Lipinski definition) is 2. The van der Waals surface area contributed by atoms with Crippen LogP contribution < -0.4 is 10.5 Å². The van der Waals surface area contributed by atoms with Gasteiger partial charge in [0.1, 0.15) is 0 Å². The number of benzene rings is 1. The van der Waals surface area contributed by atoms with Crippen molar-refractivity contribution in [3.63, 3.8) is 0 Å². The van der Waals surface area contributed by atoms with Crippen LogP contribution in [0.3, 0.4) is 0 Å². The molecule has 0 fully saturated rings. The van der Waals surface area contributed by atoms with E-state index in [1.807, 2.05) is 0 Å². The molecule has 1 aromatic rings. The molecule has 0 unspecified atom stereocenters. The second-order valence-electron chi connectivity index (χ2n) is 4.74. The van der Waals surface area contributed by atoms with E-state index in [2.05, 4.69) is 15.9 Å². The molecule has 0 radical (unpaired) electrons. The number of esters is 1. The molecule has 0 saturated carbocycles. The van der Waals surface area contributed by atoms with E-state index >= 15 is 0 Å². The normalized spacial score (nSPS) is 12.3. The summed E-state index contributed by atoms with van der Waals surface area (Å²) in [6.45, 7) is 3.33. The molecule has 0 saturated heterocycles. The van der Waals surface area contributed by atoms with Gasteiger partial charge in [0, 0.05) is 16.1 Å². The van der Waals surface area contributed by atoms with Crippen LogP contribution in [0.1, 0.15) is 25.5 Å². The van der Waals surface area contributed by atoms with Crippen LogP contribution in [0.2, 0.25) is 0 Å². The topological polar surface area (TPSA) is 81.8 Å². The number of halogens is 2. The van der Waals surface area contributed by atoms with Gasteiger partial charge in [-0.15, -0.1) is 12.4 Å². The van der Waals surface area contributed by atoms with Crippen molar-refractivity contribution in [2.24, 2.45) is 11.1 Å². The molecule has 1 atom stereocenters. The molecule has 0 spiro atoms. The minimum atomic E-state index is -0.974. The van der Waals surface area contributed by atoms with Crippen molar-refractivity contribution in [3.8, 4) is 11.5 Å². The molecule has 0 aliphatic carbocycles. The van der Waals surface area contributed by atoms with Gasteiger partial charge in [-0.25, -0.2) is 0 Å². The third-order valence-electron chi connectivity index (χ3n) is 3.11. The van der Waals surface area contributed by atoms with Crippen LogP contribution in [-0.4, -0.2) is 25.3 Å². The second kappa shape index (κ2) is 7.15. The van der Waals surface area contributed by atoms with Crippen molar-refractivity contribution in [2.45, 2.75) is 19.9 Å². The van der Waals surface area contributed by atoms with E-state index in [-0.39, 0.29) is 18.2 Å². The van der Waals surface area contributed by atoms with E-state index in [1.54, 1.807) is 26.0 Å². The third kappa shape index (κ3) is 3.56. The Kier molecular flexibility index (Phi) is 6.80. The summed E-state index contributed by atoms with van der Waals surface area (Å²) in [4.78, 5) is 11.8. The molecule has 0 bridgehead atoms. The maximum atomic E-state index is 11.8. The Hall–Kier alpha value is -0.980. The Bertz CT molecular complexity index is 494. The molecule has 7 heteroatoms. The van der Waals surface area contributed by atoms with E-state index in [4.69, 9.17) is 15.2 Å². The van der Waals surface area contributed by atoms with E-state index in [1.165, 1.54) is 14.2 Å². The van der Waals surface area contributed by atoms with Crippen LogP contribution in [-0.2, 0) is 9.53 Å². The van der Waals surface area contributed by atoms with Gasteiger partial charge >= 0.3 is 5.97 Å². The summed E-state index contributed by atoms with van der Waals surface area (Å²) >= 11 is 3.31. The van der Waals surface area contributed by atoms with Gasteiger partial charge in [0.2, 0.25) is 0 Å². The predicted octanol–water partition coefficient (Wildman–Crippen LogP) is 2.78. The molecule has 20 heavy (non-hydrogen) atoms. The number of phenols is 1. The Morgan fingerprint density at radius 3 is 2.40 bits per heavy atom. The lowest BCUT2D eigenvalue weighted by atomic mass is 9.80. The number of carbonyl (C=O) groups excluding carboxylic acids is 1. The first kappa shape index (κ1) is 19.0. The molecule has 3 N–H and O–H groups in total. The van der Waals surface area contributed by atoms with Crippen LogP contribution in [0.25, 0.3) is 0 Å². The standard InChI is InChI=1S/C13H18BrNO4.ClH/c1-13(2,12(17)19-4)11(15)8-5-7(14)6-9(18-3)10(8)16;/h5-6,11,16H,15H2,1-4H3;1H/t11-;/m1./s1. The summed E-state index contributed by atoms with van der Waals surface area (Å²) in [5, 5.41) is 10.1. The van der Waals surface area contributed by atoms with Gasteiger partial charge < -0.3 is 20.3 Å². The second-order valence-corrected chi connectivity index (χ2v) is 5.65. The number of aromatic hydroxyl groups is 1. The highest BCUT2D eigenvalue weighted by atomic mass is 79.9. The molecular weight excluding hydrogens is 350 g/mol. The van der Waals surface area contributed by atoms with Crippen LogP contribution in [0, 0.1) is 5.41 Å². The first-order valence-electron chi connectivity index (χ1n) is 5.66. The summed E-state index contributed by atoms with van der Waals surface area (Å²) in [5.41, 5.74) is 5.55. The van der Waals surface area contributed by atoms with Gasteiger partial charge in [-0.3, -0.25) is 4.79 Å². The highest BCUT2D eigenvalue weighted by Crippen LogP contribution is 2.42. The van der Waals surface area contributed by atoms with Crippen LogP contribution in [0.5, 0.6) is 11.5 Å². The van der Waals surface area contributed by atoms with Gasteiger partial charge in [0.05, 0.1) is 19.6 Å². The van der Waals surface area contributed by atoms with Crippen molar-refractivity contribution in [1.29, 1.82) is 0 Å². The average molecular weight is 369 g/mol. The lowest BCUT2D eigenvalue weighted by Gasteiger charge is -2.29. The average Bonchev–Trinajstić information content (AvgIpc) is 2.38. The number of methoxy groups -OCH3 is 2. The van der Waals surface area contributed by atoms with E-state index in [9.17, 15) is 9.90 Å². The zero-order valence-electron chi connectivity index (χ0n) is 11.8. The monoisotopic (exact) mass is 367 g/mol. The van der Waals surface area contributed by atoms with Crippen molar-refractivity contribution in [2.75, 3.05) is 14.2 Å². The first-order chi connectivity index (χ1) is 8.75. The molecule has 5 nitrogen and oxygen atoms in total. The summed E-state index contributed by atoms with van der Waals surface area (Å²) in [6.07, 6.45) is 0. The van der Waals surface area contributed by atoms with Crippen molar-refractivity contribution in [3.05, 3.63) is 22.2 Å². The van der Waals surface area contributed by atoms with Gasteiger partial charge in [-0.05, 0) is 26.0 Å². The number of carbonyl (C=O) groups is 1. The molecule has 114 valence electrons. The summed E-state index contributed by atoms with van der Waals surface area (Å²) < 4.78 is 10.5. The van der Waals surface area contributed by atoms with Gasteiger partial charge in [-0.1, -0.05) is 15.9 Å². The largest absolute Gasteiger partial charge is 0.504 e. The van der Waals surface area contributed by atoms with E-state index in [0.717, 1.165) is 0 Å². The van der Waals surface area contributed by atoms with Gasteiger partial charge in [0.25, 0.3) is 0 Å². The molecule has 0 aliphatic rings. The number of hydrogen-bond acceptors (Lipinski definition) is 5. The fourth-order valence-electron chi connectivity index (χ4n) is 1.77. The fraction of sp³-hybridized carbons (Fsp3) is 0.462. The lowest BCUT2D eigenvalue weighted by Crippen LogP contribution is -2.37. The quantitative estimate of drug-likeness (QED) is 0.799. The lowest BCUT2D eigenvalue weighted by molar-refractivity contribution is -0.152. The number of nitrogens with two attached hydrogens (primary N) is 1. The minimum absolute atomic E-state index is 0. The van der Waals surface area contributed by atoms with Crippen molar-refractivity contribution in [1.82, 2.24) is 0 Å². The third-order valence-corrected chi connectivity index (χ3v) is 3.57. The van der Waals surface area contributed by atoms with Crippen LogP contribution in [0.15, 0.2) is 16.6 Å². The number of ether oxygens (including phenoxy) is 2. The first-order valence-corrected chi connectivity index (χ1v) is 6.45. The fourth-order valence-corrected chi connectivity index (χ4v) is 2.22.